The molecule has 0 aromatic heterocycles. The van der Waals surface area contributed by atoms with E-state index in [1.54, 1.807) is 24.3 Å². The molecule has 1 heterocycles. The van der Waals surface area contributed by atoms with E-state index in [-0.39, 0.29) is 30.4 Å². The van der Waals surface area contributed by atoms with Crippen molar-refractivity contribution in [2.75, 3.05) is 13.2 Å². The highest BCUT2D eigenvalue weighted by atomic mass is 35.5. The van der Waals surface area contributed by atoms with Crippen LogP contribution in [0.25, 0.3) is 6.08 Å². The summed E-state index contributed by atoms with van der Waals surface area (Å²) in [5, 5.41) is 0.183. The molecule has 152 valence electrons. The number of carbonyl (C=O) groups excluding carboxylic acids is 2. The number of hydrogen-bond acceptors (Lipinski definition) is 5. The molecule has 1 saturated heterocycles. The van der Waals surface area contributed by atoms with E-state index in [2.05, 4.69) is 6.92 Å². The fourth-order valence-corrected chi connectivity index (χ4v) is 3.67. The number of rotatable bonds is 8. The molecule has 1 unspecified atom stereocenters. The molecule has 1 atom stereocenters. The molecule has 1 aliphatic heterocycles. The van der Waals surface area contributed by atoms with Gasteiger partial charge in [-0.05, 0) is 61.0 Å². The van der Waals surface area contributed by atoms with Gasteiger partial charge >= 0.3 is 0 Å². The maximum absolute atomic E-state index is 12.6. The van der Waals surface area contributed by atoms with Gasteiger partial charge in [-0.25, -0.2) is 0 Å². The minimum absolute atomic E-state index is 0.144. The zero-order chi connectivity index (χ0) is 20.8. The summed E-state index contributed by atoms with van der Waals surface area (Å²) < 4.78 is 11.3. The number of hydrogen-bond donors (Lipinski definition) is 0. The average molecular weight is 432 g/mol. The van der Waals surface area contributed by atoms with Gasteiger partial charge in [0.25, 0.3) is 11.1 Å². The lowest BCUT2D eigenvalue weighted by molar-refractivity contribution is -0.123. The number of para-hydroxylation sites is 1. The van der Waals surface area contributed by atoms with E-state index in [1.165, 1.54) is 4.90 Å². The largest absolute Gasteiger partial charge is 0.491 e. The van der Waals surface area contributed by atoms with Crippen LogP contribution in [0.2, 0.25) is 5.02 Å². The second-order valence-electron chi connectivity index (χ2n) is 6.52. The van der Waals surface area contributed by atoms with Gasteiger partial charge in [0.2, 0.25) is 0 Å². The number of benzene rings is 2. The molecule has 0 radical (unpaired) electrons. The van der Waals surface area contributed by atoms with E-state index in [4.69, 9.17) is 21.1 Å². The van der Waals surface area contributed by atoms with Gasteiger partial charge in [0.15, 0.2) is 0 Å². The molecule has 0 spiro atoms. The van der Waals surface area contributed by atoms with Crippen molar-refractivity contribution in [1.29, 1.82) is 0 Å². The summed E-state index contributed by atoms with van der Waals surface area (Å²) in [5.41, 5.74) is 0.833. The van der Waals surface area contributed by atoms with Crippen LogP contribution >= 0.6 is 23.4 Å². The molecule has 1 fully saturated rings. The Kier molecular flexibility index (Phi) is 7.23. The van der Waals surface area contributed by atoms with Crippen molar-refractivity contribution in [1.82, 2.24) is 4.90 Å². The fourth-order valence-electron chi connectivity index (χ4n) is 2.61. The quantitative estimate of drug-likeness (QED) is 0.507. The summed E-state index contributed by atoms with van der Waals surface area (Å²) in [4.78, 5) is 26.4. The van der Waals surface area contributed by atoms with Gasteiger partial charge in [-0.2, -0.15) is 0 Å². The Bertz CT molecular complexity index is 913. The summed E-state index contributed by atoms with van der Waals surface area (Å²) in [6.45, 7) is 4.42. The molecule has 0 aliphatic carbocycles. The Hall–Kier alpha value is -2.44. The molecule has 2 aromatic carbocycles. The first-order valence-electron chi connectivity index (χ1n) is 9.37. The summed E-state index contributed by atoms with van der Waals surface area (Å²) in [5.74, 6) is 0.986. The Morgan fingerprint density at radius 1 is 1.14 bits per heavy atom. The van der Waals surface area contributed by atoms with Gasteiger partial charge in [-0.15, -0.1) is 0 Å². The number of thioether (sulfide) groups is 1. The van der Waals surface area contributed by atoms with Crippen LogP contribution in [0, 0.1) is 0 Å². The lowest BCUT2D eigenvalue weighted by Crippen LogP contribution is -2.32. The van der Waals surface area contributed by atoms with Gasteiger partial charge in [0, 0.05) is 0 Å². The molecule has 29 heavy (non-hydrogen) atoms. The first-order valence-corrected chi connectivity index (χ1v) is 10.6. The number of nitrogens with zero attached hydrogens (tertiary/aromatic N) is 1. The third kappa shape index (κ3) is 5.55. The molecule has 2 amide bonds. The Morgan fingerprint density at radius 2 is 1.86 bits per heavy atom. The zero-order valence-corrected chi connectivity index (χ0v) is 17.8. The Labute approximate surface area is 179 Å². The number of imide groups is 1. The van der Waals surface area contributed by atoms with Crippen LogP contribution in [0.3, 0.4) is 0 Å². The van der Waals surface area contributed by atoms with Crippen LogP contribution in [0.4, 0.5) is 4.79 Å². The van der Waals surface area contributed by atoms with Gasteiger partial charge in [-0.1, -0.05) is 42.8 Å². The SMILES string of the molecule is CCC(C)Oc1ccc(/C=C2\SC(=O)N(CCOc3ccccc3Cl)C2=O)cc1. The van der Waals surface area contributed by atoms with Gasteiger partial charge in [0.1, 0.15) is 18.1 Å². The standard InChI is InChI=1S/C22H22ClNO4S/c1-3-15(2)28-17-10-8-16(9-11-17)14-20-21(25)24(22(26)29-20)12-13-27-19-7-5-4-6-18(19)23/h4-11,14-15H,3,12-13H2,1-2H3/b20-14-. The molecule has 1 aliphatic rings. The maximum Gasteiger partial charge on any atom is 0.293 e. The highest BCUT2D eigenvalue weighted by molar-refractivity contribution is 8.18. The van der Waals surface area contributed by atoms with Crippen LogP contribution in [0.5, 0.6) is 11.5 Å². The molecule has 2 aromatic rings. The number of amides is 2. The highest BCUT2D eigenvalue weighted by Gasteiger charge is 2.34. The number of carbonyl (C=O) groups is 2. The van der Waals surface area contributed by atoms with Crippen molar-refractivity contribution >= 4 is 40.6 Å². The Morgan fingerprint density at radius 3 is 2.55 bits per heavy atom. The molecule has 7 heteroatoms. The van der Waals surface area contributed by atoms with Gasteiger partial charge < -0.3 is 9.47 Å². The van der Waals surface area contributed by atoms with Crippen LogP contribution in [0.1, 0.15) is 25.8 Å². The minimum Gasteiger partial charge on any atom is -0.491 e. The highest BCUT2D eigenvalue weighted by Crippen LogP contribution is 2.32. The average Bonchev–Trinajstić information content (AvgIpc) is 2.98. The van der Waals surface area contributed by atoms with E-state index in [0.717, 1.165) is 29.5 Å². The molecular formula is C22H22ClNO4S. The van der Waals surface area contributed by atoms with Crippen molar-refractivity contribution in [3.05, 3.63) is 64.0 Å². The normalized spacial score (nSPS) is 16.4. The van der Waals surface area contributed by atoms with E-state index in [0.29, 0.717) is 15.7 Å². The summed E-state index contributed by atoms with van der Waals surface area (Å²) in [6, 6.07) is 14.5. The summed E-state index contributed by atoms with van der Waals surface area (Å²) in [7, 11) is 0. The topological polar surface area (TPSA) is 55.8 Å². The van der Waals surface area contributed by atoms with E-state index in [1.807, 2.05) is 37.3 Å². The molecule has 0 saturated carbocycles. The van der Waals surface area contributed by atoms with Crippen molar-refractivity contribution in [2.24, 2.45) is 0 Å². The van der Waals surface area contributed by atoms with Crippen molar-refractivity contribution in [3.63, 3.8) is 0 Å². The van der Waals surface area contributed by atoms with Crippen LogP contribution in [-0.2, 0) is 4.79 Å². The summed E-state index contributed by atoms with van der Waals surface area (Å²) in [6.07, 6.45) is 2.78. The van der Waals surface area contributed by atoms with Crippen LogP contribution < -0.4 is 9.47 Å². The van der Waals surface area contributed by atoms with Crippen molar-refractivity contribution < 1.29 is 19.1 Å². The first-order chi connectivity index (χ1) is 14.0. The molecule has 5 nitrogen and oxygen atoms in total. The smallest absolute Gasteiger partial charge is 0.293 e. The zero-order valence-electron chi connectivity index (χ0n) is 16.3. The monoisotopic (exact) mass is 431 g/mol. The van der Waals surface area contributed by atoms with Crippen molar-refractivity contribution in [2.45, 2.75) is 26.4 Å². The van der Waals surface area contributed by atoms with E-state index < -0.39 is 0 Å². The second-order valence-corrected chi connectivity index (χ2v) is 7.92. The Balaban J connectivity index is 1.60. The molecule has 0 N–H and O–H groups in total. The molecule has 0 bridgehead atoms. The summed E-state index contributed by atoms with van der Waals surface area (Å²) >= 11 is 6.97. The van der Waals surface area contributed by atoms with Gasteiger partial charge in [0.05, 0.1) is 22.6 Å². The lowest BCUT2D eigenvalue weighted by Gasteiger charge is -2.13. The van der Waals surface area contributed by atoms with Crippen molar-refractivity contribution in [3.8, 4) is 11.5 Å². The third-order valence-corrected chi connectivity index (χ3v) is 5.59. The minimum atomic E-state index is -0.317. The fraction of sp³-hybridized carbons (Fsp3) is 0.273. The second kappa shape index (κ2) is 9.85. The third-order valence-electron chi connectivity index (χ3n) is 4.37. The van der Waals surface area contributed by atoms with E-state index >= 15 is 0 Å². The maximum atomic E-state index is 12.6. The molecular weight excluding hydrogens is 410 g/mol. The first kappa shape index (κ1) is 21.3. The lowest BCUT2D eigenvalue weighted by atomic mass is 10.2. The van der Waals surface area contributed by atoms with Gasteiger partial charge in [-0.3, -0.25) is 14.5 Å². The molecule has 3 rings (SSSR count). The van der Waals surface area contributed by atoms with Crippen LogP contribution in [-0.4, -0.2) is 35.3 Å². The predicted octanol–water partition coefficient (Wildman–Crippen LogP) is 5.63. The predicted molar refractivity (Wildman–Crippen MR) is 116 cm³/mol. The number of halogens is 1. The van der Waals surface area contributed by atoms with E-state index in [9.17, 15) is 9.59 Å². The van der Waals surface area contributed by atoms with Crippen LogP contribution in [0.15, 0.2) is 53.4 Å². The number of ether oxygens (including phenoxy) is 2.